The monoisotopic (exact) mass is 279 g/mol. The maximum atomic E-state index is 6.24. The van der Waals surface area contributed by atoms with Gasteiger partial charge in [-0.05, 0) is 49.7 Å². The van der Waals surface area contributed by atoms with E-state index < -0.39 is 0 Å². The summed E-state index contributed by atoms with van der Waals surface area (Å²) in [5.41, 5.74) is 1.45. The molecule has 2 saturated carbocycles. The van der Waals surface area contributed by atoms with E-state index in [1.165, 1.54) is 37.7 Å². The maximum Gasteiger partial charge on any atom is 0.0802 e. The van der Waals surface area contributed by atoms with Gasteiger partial charge in [0, 0.05) is 24.7 Å². The summed E-state index contributed by atoms with van der Waals surface area (Å²) in [7, 11) is 1.84. The summed E-state index contributed by atoms with van der Waals surface area (Å²) in [6.07, 6.45) is 6.11. The van der Waals surface area contributed by atoms with Crippen molar-refractivity contribution in [2.24, 2.45) is 0 Å². The van der Waals surface area contributed by atoms with Crippen molar-refractivity contribution < 1.29 is 4.74 Å². The molecule has 0 unspecified atom stereocenters. The van der Waals surface area contributed by atoms with Crippen molar-refractivity contribution in [3.05, 3.63) is 34.9 Å². The van der Waals surface area contributed by atoms with Crippen molar-refractivity contribution in [2.75, 3.05) is 13.7 Å². The van der Waals surface area contributed by atoms with Crippen LogP contribution in [0.4, 0.5) is 0 Å². The molecule has 0 aliphatic heterocycles. The second kappa shape index (κ2) is 5.43. The molecule has 3 rings (SSSR count). The molecule has 0 amide bonds. The molecule has 1 N–H and O–H groups in total. The van der Waals surface area contributed by atoms with Crippen LogP contribution in [0.15, 0.2) is 24.3 Å². The van der Waals surface area contributed by atoms with Gasteiger partial charge >= 0.3 is 0 Å². The molecule has 0 bridgehead atoms. The van der Waals surface area contributed by atoms with E-state index in [-0.39, 0.29) is 5.60 Å². The minimum Gasteiger partial charge on any atom is -0.377 e. The first-order valence-electron chi connectivity index (χ1n) is 7.25. The molecule has 2 nitrogen and oxygen atoms in total. The number of ether oxygens (including phenoxy) is 1. The van der Waals surface area contributed by atoms with Crippen LogP contribution >= 0.6 is 11.6 Å². The third-order valence-electron chi connectivity index (χ3n) is 4.89. The van der Waals surface area contributed by atoms with Gasteiger partial charge < -0.3 is 10.1 Å². The van der Waals surface area contributed by atoms with Crippen molar-refractivity contribution in [1.82, 2.24) is 5.32 Å². The molecule has 0 spiro atoms. The Bertz CT molecular complexity index is 433. The summed E-state index contributed by atoms with van der Waals surface area (Å²) in [4.78, 5) is 0. The molecule has 104 valence electrons. The van der Waals surface area contributed by atoms with Crippen LogP contribution in [0.25, 0.3) is 0 Å². The highest BCUT2D eigenvalue weighted by Gasteiger charge is 2.39. The molecule has 0 atom stereocenters. The fraction of sp³-hybridized carbons (Fsp3) is 0.625. The van der Waals surface area contributed by atoms with Crippen LogP contribution in [0.3, 0.4) is 0 Å². The molecule has 0 aromatic heterocycles. The van der Waals surface area contributed by atoms with Crippen LogP contribution in [0.2, 0.25) is 5.02 Å². The molecule has 2 aliphatic carbocycles. The largest absolute Gasteiger partial charge is 0.377 e. The second-order valence-electron chi connectivity index (χ2n) is 6.01. The summed E-state index contributed by atoms with van der Waals surface area (Å²) in [5, 5.41) is 4.58. The predicted molar refractivity (Wildman–Crippen MR) is 78.8 cm³/mol. The molecule has 0 heterocycles. The van der Waals surface area contributed by atoms with Crippen LogP contribution < -0.4 is 5.32 Å². The van der Waals surface area contributed by atoms with Gasteiger partial charge in [0.25, 0.3) is 0 Å². The Hall–Kier alpha value is -0.570. The molecular weight excluding hydrogens is 258 g/mol. The van der Waals surface area contributed by atoms with Crippen molar-refractivity contribution in [3.63, 3.8) is 0 Å². The van der Waals surface area contributed by atoms with Gasteiger partial charge in [-0.25, -0.2) is 0 Å². The molecule has 2 fully saturated rings. The van der Waals surface area contributed by atoms with E-state index in [0.717, 1.165) is 11.6 Å². The number of hydrogen-bond acceptors (Lipinski definition) is 2. The molecule has 3 heteroatoms. The lowest BCUT2D eigenvalue weighted by atomic mass is 9.74. The second-order valence-corrected chi connectivity index (χ2v) is 6.42. The summed E-state index contributed by atoms with van der Waals surface area (Å²) in [5.74, 6) is 0.631. The Labute approximate surface area is 120 Å². The first kappa shape index (κ1) is 13.4. The highest BCUT2D eigenvalue weighted by atomic mass is 35.5. The van der Waals surface area contributed by atoms with Gasteiger partial charge in [-0.3, -0.25) is 0 Å². The lowest BCUT2D eigenvalue weighted by Gasteiger charge is -2.44. The van der Waals surface area contributed by atoms with E-state index >= 15 is 0 Å². The number of rotatable bonds is 5. The first-order valence-corrected chi connectivity index (χ1v) is 7.63. The minimum atomic E-state index is 0.134. The van der Waals surface area contributed by atoms with E-state index in [0.29, 0.717) is 12.0 Å². The van der Waals surface area contributed by atoms with E-state index in [2.05, 4.69) is 17.4 Å². The number of benzene rings is 1. The maximum absolute atomic E-state index is 6.24. The summed E-state index contributed by atoms with van der Waals surface area (Å²) in [6, 6.07) is 8.86. The lowest BCUT2D eigenvalue weighted by molar-refractivity contribution is -0.0724. The standard InChI is InChI=1S/C16H22ClNO/c1-19-16(7-4-8-16)11-18-13-9-12(10-13)14-5-2-3-6-15(14)17/h2-3,5-6,12-13,18H,4,7-11H2,1H3. The predicted octanol–water partition coefficient (Wildman–Crippen LogP) is 3.74. The Kier molecular flexibility index (Phi) is 3.84. The average molecular weight is 280 g/mol. The van der Waals surface area contributed by atoms with E-state index in [4.69, 9.17) is 16.3 Å². The zero-order chi connectivity index (χ0) is 13.3. The van der Waals surface area contributed by atoms with Gasteiger partial charge in [-0.15, -0.1) is 0 Å². The van der Waals surface area contributed by atoms with E-state index in [1.807, 2.05) is 19.2 Å². The Morgan fingerprint density at radius 1 is 1.32 bits per heavy atom. The fourth-order valence-corrected chi connectivity index (χ4v) is 3.49. The molecular formula is C16H22ClNO. The number of nitrogens with one attached hydrogen (secondary N) is 1. The Morgan fingerprint density at radius 2 is 2.05 bits per heavy atom. The summed E-state index contributed by atoms with van der Waals surface area (Å²) < 4.78 is 5.64. The quantitative estimate of drug-likeness (QED) is 0.886. The Morgan fingerprint density at radius 3 is 2.63 bits per heavy atom. The number of halogens is 1. The topological polar surface area (TPSA) is 21.3 Å². The number of hydrogen-bond donors (Lipinski definition) is 1. The third-order valence-corrected chi connectivity index (χ3v) is 5.24. The summed E-state index contributed by atoms with van der Waals surface area (Å²) in [6.45, 7) is 1.00. The fourth-order valence-electron chi connectivity index (χ4n) is 3.20. The lowest BCUT2D eigenvalue weighted by Crippen LogP contribution is -2.52. The van der Waals surface area contributed by atoms with Crippen molar-refractivity contribution in [2.45, 2.75) is 49.7 Å². The van der Waals surface area contributed by atoms with Gasteiger partial charge in [0.2, 0.25) is 0 Å². The van der Waals surface area contributed by atoms with E-state index in [1.54, 1.807) is 0 Å². The smallest absolute Gasteiger partial charge is 0.0802 e. The van der Waals surface area contributed by atoms with Crippen LogP contribution in [0.5, 0.6) is 0 Å². The molecule has 2 aliphatic rings. The van der Waals surface area contributed by atoms with Crippen molar-refractivity contribution in [3.8, 4) is 0 Å². The van der Waals surface area contributed by atoms with Gasteiger partial charge in [0.05, 0.1) is 5.60 Å². The SMILES string of the molecule is COC1(CNC2CC(c3ccccc3Cl)C2)CCC1. The van der Waals surface area contributed by atoms with Crippen LogP contribution in [-0.2, 0) is 4.74 Å². The van der Waals surface area contributed by atoms with Gasteiger partial charge in [-0.2, -0.15) is 0 Å². The normalized spacial score (nSPS) is 28.5. The average Bonchev–Trinajstić information content (AvgIpc) is 2.32. The number of methoxy groups -OCH3 is 1. The van der Waals surface area contributed by atoms with Gasteiger partial charge in [0.1, 0.15) is 0 Å². The molecule has 1 aromatic rings. The van der Waals surface area contributed by atoms with Gasteiger partial charge in [0.15, 0.2) is 0 Å². The van der Waals surface area contributed by atoms with Crippen molar-refractivity contribution in [1.29, 1.82) is 0 Å². The molecule has 0 saturated heterocycles. The zero-order valence-corrected chi connectivity index (χ0v) is 12.2. The zero-order valence-electron chi connectivity index (χ0n) is 11.5. The van der Waals surface area contributed by atoms with Gasteiger partial charge in [-0.1, -0.05) is 29.8 Å². The first-order chi connectivity index (χ1) is 9.22. The van der Waals surface area contributed by atoms with Crippen LogP contribution in [0, 0.1) is 0 Å². The Balaban J connectivity index is 1.47. The van der Waals surface area contributed by atoms with Crippen molar-refractivity contribution >= 4 is 11.6 Å². The minimum absolute atomic E-state index is 0.134. The highest BCUT2D eigenvalue weighted by molar-refractivity contribution is 6.31. The van der Waals surface area contributed by atoms with E-state index in [9.17, 15) is 0 Å². The van der Waals surface area contributed by atoms with Crippen LogP contribution in [-0.4, -0.2) is 25.3 Å². The third kappa shape index (κ3) is 2.67. The van der Waals surface area contributed by atoms with Crippen LogP contribution in [0.1, 0.15) is 43.6 Å². The summed E-state index contributed by atoms with van der Waals surface area (Å²) >= 11 is 6.24. The highest BCUT2D eigenvalue weighted by Crippen LogP contribution is 2.41. The molecule has 1 aromatic carbocycles. The molecule has 0 radical (unpaired) electrons. The molecule has 19 heavy (non-hydrogen) atoms.